The quantitative estimate of drug-likeness (QED) is 0.283. The molecule has 0 spiro atoms. The van der Waals surface area contributed by atoms with Gasteiger partial charge in [-0.2, -0.15) is 0 Å². The van der Waals surface area contributed by atoms with Crippen LogP contribution >= 0.6 is 23.2 Å². The maximum absolute atomic E-state index is 12.5. The molecule has 140 valence electrons. The molecular weight excluding hydrogens is 487 g/mol. The van der Waals surface area contributed by atoms with E-state index in [0.29, 0.717) is 6.16 Å². The Balaban J connectivity index is 0.00000261. The molecule has 0 unspecified atom stereocenters. The number of ether oxygens (including phenoxy) is 1. The fourth-order valence-corrected chi connectivity index (χ4v) is 8.27. The highest BCUT2D eigenvalue weighted by atomic mass is 79.9. The zero-order valence-electron chi connectivity index (χ0n) is 15.0. The fraction of sp³-hybridized carbons (Fsp3) is 0.136. The molecule has 0 amide bonds. The molecule has 0 saturated carbocycles. The van der Waals surface area contributed by atoms with Crippen LogP contribution in [0, 0.1) is 0 Å². The largest absolute Gasteiger partial charge is 1.00 e. The maximum atomic E-state index is 12.5. The molecule has 3 aromatic rings. The number of benzene rings is 3. The lowest BCUT2D eigenvalue weighted by Crippen LogP contribution is -3.00. The van der Waals surface area contributed by atoms with Crippen molar-refractivity contribution in [2.45, 2.75) is 5.33 Å². The van der Waals surface area contributed by atoms with Gasteiger partial charge in [-0.15, -0.1) is 0 Å². The van der Waals surface area contributed by atoms with Gasteiger partial charge in [0.05, 0.1) is 7.11 Å². The molecule has 0 heterocycles. The molecule has 0 bridgehead atoms. The SMILES string of the molecule is COC(=O)C[P+](c1ccccc1)(c1ccccc1)c1ccccc1CBr.[Br-]. The second-order valence-corrected chi connectivity index (χ2v) is 9.99. The second kappa shape index (κ2) is 10.2. The van der Waals surface area contributed by atoms with Gasteiger partial charge in [0.2, 0.25) is 0 Å². The van der Waals surface area contributed by atoms with E-state index in [4.69, 9.17) is 4.74 Å². The van der Waals surface area contributed by atoms with Crippen molar-refractivity contribution in [2.75, 3.05) is 13.3 Å². The Morgan fingerprint density at radius 3 is 1.81 bits per heavy atom. The van der Waals surface area contributed by atoms with Crippen molar-refractivity contribution in [3.8, 4) is 0 Å². The van der Waals surface area contributed by atoms with Crippen LogP contribution in [0.2, 0.25) is 0 Å². The Morgan fingerprint density at radius 2 is 1.33 bits per heavy atom. The molecule has 3 rings (SSSR count). The van der Waals surface area contributed by atoms with Crippen LogP contribution in [0.15, 0.2) is 84.9 Å². The molecule has 0 saturated heterocycles. The van der Waals surface area contributed by atoms with Gasteiger partial charge in [-0.1, -0.05) is 70.5 Å². The summed E-state index contributed by atoms with van der Waals surface area (Å²) < 4.78 is 5.12. The monoisotopic (exact) mass is 506 g/mol. The van der Waals surface area contributed by atoms with Crippen LogP contribution in [0.25, 0.3) is 0 Å². The predicted octanol–water partition coefficient (Wildman–Crippen LogP) is 1.05. The normalized spacial score (nSPS) is 10.7. The number of carbonyl (C=O) groups is 1. The zero-order valence-corrected chi connectivity index (χ0v) is 19.1. The van der Waals surface area contributed by atoms with Gasteiger partial charge in [-0.25, -0.2) is 4.79 Å². The number of hydrogen-bond donors (Lipinski definition) is 0. The van der Waals surface area contributed by atoms with Crippen molar-refractivity contribution < 1.29 is 26.5 Å². The van der Waals surface area contributed by atoms with Crippen molar-refractivity contribution in [1.82, 2.24) is 0 Å². The molecule has 0 fully saturated rings. The minimum Gasteiger partial charge on any atom is -1.00 e. The summed E-state index contributed by atoms with van der Waals surface area (Å²) in [6, 6.07) is 29.1. The highest BCUT2D eigenvalue weighted by Gasteiger charge is 2.48. The van der Waals surface area contributed by atoms with E-state index in [2.05, 4.69) is 58.4 Å². The first kappa shape index (κ1) is 21.8. The van der Waals surface area contributed by atoms with Crippen molar-refractivity contribution in [3.05, 3.63) is 90.5 Å². The molecule has 27 heavy (non-hydrogen) atoms. The highest BCUT2D eigenvalue weighted by molar-refractivity contribution is 9.08. The van der Waals surface area contributed by atoms with E-state index < -0.39 is 7.26 Å². The van der Waals surface area contributed by atoms with E-state index in [1.165, 1.54) is 28.6 Å². The maximum Gasteiger partial charge on any atom is 0.344 e. The summed E-state index contributed by atoms with van der Waals surface area (Å²) >= 11 is 3.63. The summed E-state index contributed by atoms with van der Waals surface area (Å²) in [7, 11) is -0.723. The van der Waals surface area contributed by atoms with Crippen LogP contribution in [-0.2, 0) is 14.9 Å². The number of alkyl halides is 1. The summed E-state index contributed by atoms with van der Waals surface area (Å²) in [5, 5.41) is 4.33. The Labute approximate surface area is 180 Å². The van der Waals surface area contributed by atoms with E-state index in [1.54, 1.807) is 0 Å². The average Bonchev–Trinajstić information content (AvgIpc) is 2.73. The first-order valence-corrected chi connectivity index (χ1v) is 11.5. The van der Waals surface area contributed by atoms with Crippen LogP contribution in [0.5, 0.6) is 0 Å². The molecule has 5 heteroatoms. The standard InChI is InChI=1S/C22H21BrO2P.BrH/c1-25-22(24)17-26(19-11-4-2-5-12-19,20-13-6-3-7-14-20)21-15-9-8-10-18(21)16-23;/h2-15H,16-17H2,1H3;1H/q+1;/p-1. The third-order valence-electron chi connectivity index (χ3n) is 4.53. The number of methoxy groups -OCH3 is 1. The molecule has 0 atom stereocenters. The Kier molecular flexibility index (Phi) is 8.22. The number of esters is 1. The van der Waals surface area contributed by atoms with E-state index >= 15 is 0 Å². The third kappa shape index (κ3) is 4.51. The number of rotatable bonds is 6. The van der Waals surface area contributed by atoms with Crippen molar-refractivity contribution in [3.63, 3.8) is 0 Å². The van der Waals surface area contributed by atoms with Crippen LogP contribution in [-0.4, -0.2) is 19.2 Å². The lowest BCUT2D eigenvalue weighted by Gasteiger charge is -2.28. The molecule has 0 N–H and O–H groups in total. The van der Waals surface area contributed by atoms with Crippen LogP contribution in [0.3, 0.4) is 0 Å². The molecule has 3 aromatic carbocycles. The summed E-state index contributed by atoms with van der Waals surface area (Å²) in [4.78, 5) is 12.5. The van der Waals surface area contributed by atoms with E-state index in [0.717, 1.165) is 5.33 Å². The van der Waals surface area contributed by atoms with Crippen molar-refractivity contribution >= 4 is 45.1 Å². The Morgan fingerprint density at radius 1 is 0.852 bits per heavy atom. The molecule has 0 aromatic heterocycles. The third-order valence-corrected chi connectivity index (χ3v) is 9.49. The summed E-state index contributed by atoms with van der Waals surface area (Å²) in [6.07, 6.45) is 0.349. The second-order valence-electron chi connectivity index (χ2n) is 5.98. The van der Waals surface area contributed by atoms with E-state index in [9.17, 15) is 4.79 Å². The Hall–Kier alpha value is -1.48. The van der Waals surface area contributed by atoms with Gasteiger partial charge in [0.25, 0.3) is 0 Å². The van der Waals surface area contributed by atoms with Crippen LogP contribution < -0.4 is 32.9 Å². The summed E-state index contributed by atoms with van der Waals surface area (Å²) in [5.74, 6) is -0.185. The van der Waals surface area contributed by atoms with Crippen LogP contribution in [0.1, 0.15) is 5.56 Å². The molecule has 0 aliphatic rings. The van der Waals surface area contributed by atoms with Crippen molar-refractivity contribution in [2.24, 2.45) is 0 Å². The average molecular weight is 508 g/mol. The highest BCUT2D eigenvalue weighted by Crippen LogP contribution is 2.56. The minimum absolute atomic E-state index is 0. The van der Waals surface area contributed by atoms with E-state index in [-0.39, 0.29) is 23.0 Å². The number of hydrogen-bond acceptors (Lipinski definition) is 2. The number of carbonyl (C=O) groups excluding carboxylic acids is 1. The van der Waals surface area contributed by atoms with Crippen molar-refractivity contribution in [1.29, 1.82) is 0 Å². The molecule has 0 aliphatic carbocycles. The summed E-state index contributed by atoms with van der Waals surface area (Å²) in [6.45, 7) is 0. The minimum atomic E-state index is -2.18. The first-order chi connectivity index (χ1) is 12.7. The first-order valence-electron chi connectivity index (χ1n) is 8.43. The van der Waals surface area contributed by atoms with Gasteiger partial charge < -0.3 is 21.7 Å². The van der Waals surface area contributed by atoms with Gasteiger partial charge >= 0.3 is 5.97 Å². The van der Waals surface area contributed by atoms with Gasteiger partial charge in [-0.05, 0) is 30.3 Å². The smallest absolute Gasteiger partial charge is 0.344 e. The Bertz CT molecular complexity index is 830. The molecule has 0 aliphatic heterocycles. The van der Waals surface area contributed by atoms with Gasteiger partial charge in [0, 0.05) is 10.9 Å². The summed E-state index contributed by atoms with van der Waals surface area (Å²) in [5.41, 5.74) is 1.21. The van der Waals surface area contributed by atoms with Gasteiger partial charge in [-0.3, -0.25) is 0 Å². The lowest BCUT2D eigenvalue weighted by molar-refractivity contribution is -0.137. The topological polar surface area (TPSA) is 26.3 Å². The molecule has 0 radical (unpaired) electrons. The van der Waals surface area contributed by atoms with Gasteiger partial charge in [0.15, 0.2) is 6.16 Å². The van der Waals surface area contributed by atoms with E-state index in [1.807, 2.05) is 42.5 Å². The zero-order chi connectivity index (χ0) is 18.4. The molecule has 2 nitrogen and oxygen atoms in total. The van der Waals surface area contributed by atoms with Gasteiger partial charge in [0.1, 0.15) is 23.2 Å². The molecular formula is C22H21Br2O2P. The number of halogens is 2. The fourth-order valence-electron chi connectivity index (χ4n) is 3.31. The predicted molar refractivity (Wildman–Crippen MR) is 115 cm³/mol. The lowest BCUT2D eigenvalue weighted by atomic mass is 10.2. The van der Waals surface area contributed by atoms with Crippen LogP contribution in [0.4, 0.5) is 0 Å².